The van der Waals surface area contributed by atoms with Crippen molar-refractivity contribution in [2.45, 2.75) is 32.7 Å². The van der Waals surface area contributed by atoms with Gasteiger partial charge in [0.25, 0.3) is 0 Å². The minimum atomic E-state index is 0.684. The van der Waals surface area contributed by atoms with Crippen LogP contribution in [0.3, 0.4) is 0 Å². The molecule has 20 heavy (non-hydrogen) atoms. The topological polar surface area (TPSA) is 93.7 Å². The van der Waals surface area contributed by atoms with Gasteiger partial charge in [-0.2, -0.15) is 0 Å². The first kappa shape index (κ1) is 14.3. The number of hydrazine groups is 1. The van der Waals surface area contributed by atoms with E-state index in [2.05, 4.69) is 37.2 Å². The summed E-state index contributed by atoms with van der Waals surface area (Å²) in [6.45, 7) is 3.92. The third-order valence-electron chi connectivity index (χ3n) is 3.13. The Bertz CT molecular complexity index is 509. The third kappa shape index (κ3) is 3.67. The van der Waals surface area contributed by atoms with Crippen LogP contribution in [-0.2, 0) is 13.0 Å². The van der Waals surface area contributed by atoms with Gasteiger partial charge in [-0.05, 0) is 19.3 Å². The molecule has 0 radical (unpaired) electrons. The zero-order chi connectivity index (χ0) is 14.2. The number of nitrogens with zero attached hydrogens (tertiary/aromatic N) is 4. The fourth-order valence-corrected chi connectivity index (χ4v) is 2.07. The predicted octanol–water partition coefficient (Wildman–Crippen LogP) is 1.41. The van der Waals surface area contributed by atoms with Gasteiger partial charge in [0.15, 0.2) is 0 Å². The van der Waals surface area contributed by atoms with Crippen LogP contribution in [0.15, 0.2) is 25.0 Å². The van der Waals surface area contributed by atoms with E-state index in [-0.39, 0.29) is 0 Å². The van der Waals surface area contributed by atoms with E-state index in [1.165, 1.54) is 6.33 Å². The average molecular weight is 275 g/mol. The second-order valence-electron chi connectivity index (χ2n) is 4.48. The maximum absolute atomic E-state index is 5.45. The maximum atomic E-state index is 5.45. The van der Waals surface area contributed by atoms with Crippen LogP contribution < -0.4 is 16.6 Å². The van der Waals surface area contributed by atoms with E-state index in [1.54, 1.807) is 6.20 Å². The third-order valence-corrected chi connectivity index (χ3v) is 3.13. The zero-order valence-electron chi connectivity index (χ0n) is 11.7. The highest BCUT2D eigenvalue weighted by atomic mass is 15.3. The van der Waals surface area contributed by atoms with Crippen LogP contribution >= 0.6 is 0 Å². The molecule has 2 aromatic heterocycles. The molecule has 0 aliphatic heterocycles. The van der Waals surface area contributed by atoms with Gasteiger partial charge in [0.1, 0.15) is 18.0 Å². The first-order valence-corrected chi connectivity index (χ1v) is 6.85. The Balaban J connectivity index is 1.79. The number of anilines is 2. The van der Waals surface area contributed by atoms with E-state index in [1.807, 2.05) is 12.5 Å². The fourth-order valence-electron chi connectivity index (χ4n) is 2.07. The Morgan fingerprint density at radius 1 is 1.25 bits per heavy atom. The molecule has 0 atom stereocenters. The second-order valence-corrected chi connectivity index (χ2v) is 4.48. The van der Waals surface area contributed by atoms with Gasteiger partial charge in [-0.25, -0.2) is 20.8 Å². The molecular formula is C13H21N7. The molecular weight excluding hydrogens is 254 g/mol. The quantitative estimate of drug-likeness (QED) is 0.383. The van der Waals surface area contributed by atoms with Crippen LogP contribution in [0.1, 0.15) is 25.3 Å². The van der Waals surface area contributed by atoms with Gasteiger partial charge in [0, 0.05) is 31.0 Å². The Morgan fingerprint density at radius 2 is 2.10 bits per heavy atom. The van der Waals surface area contributed by atoms with Gasteiger partial charge in [0.05, 0.1) is 6.33 Å². The number of nitrogen functional groups attached to an aromatic ring is 1. The van der Waals surface area contributed by atoms with Crippen molar-refractivity contribution in [2.24, 2.45) is 5.84 Å². The Kier molecular flexibility index (Phi) is 5.31. The summed E-state index contributed by atoms with van der Waals surface area (Å²) in [6.07, 6.45) is 10.1. The Morgan fingerprint density at radius 3 is 2.80 bits per heavy atom. The summed E-state index contributed by atoms with van der Waals surface area (Å²) in [6, 6.07) is 0. The fraction of sp³-hybridized carbons (Fsp3) is 0.462. The van der Waals surface area contributed by atoms with Crippen LogP contribution in [0, 0.1) is 0 Å². The van der Waals surface area contributed by atoms with E-state index >= 15 is 0 Å². The number of hydrogen-bond acceptors (Lipinski definition) is 6. The summed E-state index contributed by atoms with van der Waals surface area (Å²) in [7, 11) is 0. The van der Waals surface area contributed by atoms with Crippen molar-refractivity contribution in [3.05, 3.63) is 30.6 Å². The molecule has 108 valence electrons. The molecule has 0 fully saturated rings. The summed E-state index contributed by atoms with van der Waals surface area (Å²) in [5.74, 6) is 6.99. The highest BCUT2D eigenvalue weighted by Gasteiger charge is 2.07. The number of unbranched alkanes of at least 4 members (excludes halogenated alkanes) is 1. The first-order chi connectivity index (χ1) is 9.85. The van der Waals surface area contributed by atoms with Crippen LogP contribution in [0.4, 0.5) is 11.6 Å². The monoisotopic (exact) mass is 275 g/mol. The van der Waals surface area contributed by atoms with E-state index in [0.717, 1.165) is 43.7 Å². The van der Waals surface area contributed by atoms with Gasteiger partial charge in [-0.15, -0.1) is 0 Å². The molecule has 0 spiro atoms. The van der Waals surface area contributed by atoms with Crippen molar-refractivity contribution in [1.82, 2.24) is 19.5 Å². The lowest BCUT2D eigenvalue weighted by Crippen LogP contribution is -2.14. The van der Waals surface area contributed by atoms with E-state index in [9.17, 15) is 0 Å². The summed E-state index contributed by atoms with van der Waals surface area (Å²) in [4.78, 5) is 12.4. The zero-order valence-corrected chi connectivity index (χ0v) is 11.7. The Labute approximate surface area is 118 Å². The van der Waals surface area contributed by atoms with E-state index < -0.39 is 0 Å². The number of nitrogens with two attached hydrogens (primary N) is 1. The van der Waals surface area contributed by atoms with E-state index in [0.29, 0.717) is 5.82 Å². The molecule has 2 aromatic rings. The van der Waals surface area contributed by atoms with Gasteiger partial charge < -0.3 is 15.3 Å². The molecule has 2 heterocycles. The molecule has 7 heteroatoms. The first-order valence-electron chi connectivity index (χ1n) is 6.85. The molecule has 0 saturated carbocycles. The Hall–Kier alpha value is -2.15. The highest BCUT2D eigenvalue weighted by Crippen LogP contribution is 2.19. The van der Waals surface area contributed by atoms with E-state index in [4.69, 9.17) is 5.84 Å². The number of aromatic nitrogens is 4. The predicted molar refractivity (Wildman–Crippen MR) is 79.2 cm³/mol. The lowest BCUT2D eigenvalue weighted by molar-refractivity contribution is 0.620. The van der Waals surface area contributed by atoms with Crippen molar-refractivity contribution < 1.29 is 0 Å². The maximum Gasteiger partial charge on any atom is 0.148 e. The van der Waals surface area contributed by atoms with Crippen molar-refractivity contribution in [3.8, 4) is 0 Å². The summed E-state index contributed by atoms with van der Waals surface area (Å²) >= 11 is 0. The summed E-state index contributed by atoms with van der Waals surface area (Å²) in [5, 5.41) is 3.35. The standard InChI is InChI=1S/C13H21N7/c1-2-11-12(17-9-18-13(11)19-14)16-5-3-4-7-20-8-6-15-10-20/h6,8-10H,2-5,7,14H2,1H3,(H2,16,17,18,19). The lowest BCUT2D eigenvalue weighted by atomic mass is 10.2. The number of nitrogens with one attached hydrogen (secondary N) is 2. The van der Waals surface area contributed by atoms with Crippen LogP contribution in [0.25, 0.3) is 0 Å². The average Bonchev–Trinajstić information content (AvgIpc) is 2.99. The molecule has 0 aliphatic rings. The second kappa shape index (κ2) is 7.44. The molecule has 0 saturated heterocycles. The van der Waals surface area contributed by atoms with Crippen molar-refractivity contribution in [1.29, 1.82) is 0 Å². The van der Waals surface area contributed by atoms with Crippen molar-refractivity contribution >= 4 is 11.6 Å². The molecule has 0 bridgehead atoms. The lowest BCUT2D eigenvalue weighted by Gasteiger charge is -2.12. The normalized spacial score (nSPS) is 10.5. The molecule has 0 amide bonds. The molecule has 2 rings (SSSR count). The van der Waals surface area contributed by atoms with Crippen LogP contribution in [-0.4, -0.2) is 26.1 Å². The van der Waals surface area contributed by atoms with Crippen LogP contribution in [0.5, 0.6) is 0 Å². The minimum absolute atomic E-state index is 0.684. The number of aryl methyl sites for hydroxylation is 1. The number of imidazole rings is 1. The summed E-state index contributed by atoms with van der Waals surface area (Å²) < 4.78 is 2.08. The van der Waals surface area contributed by atoms with Crippen molar-refractivity contribution in [3.63, 3.8) is 0 Å². The van der Waals surface area contributed by atoms with Gasteiger partial charge >= 0.3 is 0 Å². The molecule has 0 unspecified atom stereocenters. The molecule has 0 aliphatic carbocycles. The van der Waals surface area contributed by atoms with Gasteiger partial charge in [0.2, 0.25) is 0 Å². The number of hydrogen-bond donors (Lipinski definition) is 3. The smallest absolute Gasteiger partial charge is 0.148 e. The molecule has 7 nitrogen and oxygen atoms in total. The number of rotatable bonds is 8. The van der Waals surface area contributed by atoms with Crippen molar-refractivity contribution in [2.75, 3.05) is 17.3 Å². The largest absolute Gasteiger partial charge is 0.370 e. The molecule has 0 aromatic carbocycles. The summed E-state index contributed by atoms with van der Waals surface area (Å²) in [5.41, 5.74) is 3.62. The van der Waals surface area contributed by atoms with Gasteiger partial charge in [-0.3, -0.25) is 0 Å². The van der Waals surface area contributed by atoms with Gasteiger partial charge in [-0.1, -0.05) is 6.92 Å². The SMILES string of the molecule is CCc1c(NN)ncnc1NCCCCn1ccnc1. The van der Waals surface area contributed by atoms with Crippen LogP contribution in [0.2, 0.25) is 0 Å². The minimum Gasteiger partial charge on any atom is -0.370 e. The highest BCUT2D eigenvalue weighted by molar-refractivity contribution is 5.56. The molecule has 4 N–H and O–H groups in total.